The number of nitrogens with one attached hydrogen (secondary N) is 1. The van der Waals surface area contributed by atoms with Crippen LogP contribution in [-0.2, 0) is 9.53 Å². The van der Waals surface area contributed by atoms with Crippen LogP contribution < -0.4 is 5.32 Å². The van der Waals surface area contributed by atoms with Crippen molar-refractivity contribution in [3.63, 3.8) is 0 Å². The second kappa shape index (κ2) is 6.70. The van der Waals surface area contributed by atoms with Crippen molar-refractivity contribution in [1.82, 2.24) is 5.32 Å². The van der Waals surface area contributed by atoms with Crippen LogP contribution in [-0.4, -0.2) is 40.0 Å². The zero-order valence-corrected chi connectivity index (χ0v) is 15.5. The van der Waals surface area contributed by atoms with Crippen molar-refractivity contribution < 1.29 is 24.5 Å². The molecule has 1 unspecified atom stereocenters. The molecular weight excluding hydrogens is 346 g/mol. The minimum atomic E-state index is -1.88. The molecule has 0 bridgehead atoms. The van der Waals surface area contributed by atoms with E-state index in [1.807, 2.05) is 48.5 Å². The zero-order chi connectivity index (χ0) is 19.8. The molecule has 0 radical (unpaired) electrons. The standard InChI is InChI=1S/C21H23NO5/c1-20(2,26)21(3,18(23)24)22-19(25)27-12-17-15-10-6-4-8-13(15)14-9-5-7-11-16(14)17/h4-11,17,26H,12H2,1-3H3,(H,22,25)(H,23,24). The van der Waals surface area contributed by atoms with E-state index in [0.717, 1.165) is 22.3 Å². The molecule has 1 atom stereocenters. The van der Waals surface area contributed by atoms with Crippen molar-refractivity contribution in [1.29, 1.82) is 0 Å². The van der Waals surface area contributed by atoms with E-state index in [2.05, 4.69) is 5.32 Å². The van der Waals surface area contributed by atoms with Gasteiger partial charge in [-0.2, -0.15) is 0 Å². The summed E-state index contributed by atoms with van der Waals surface area (Å²) in [7, 11) is 0. The first-order chi connectivity index (χ1) is 12.6. The summed E-state index contributed by atoms with van der Waals surface area (Å²) in [5, 5.41) is 21.9. The third-order valence-electron chi connectivity index (χ3n) is 5.35. The minimum absolute atomic E-state index is 0.0708. The van der Waals surface area contributed by atoms with E-state index < -0.39 is 23.2 Å². The fraction of sp³-hybridized carbons (Fsp3) is 0.333. The number of carboxylic acids is 1. The SMILES string of the molecule is CC(C)(O)C(C)(NC(=O)OCC1c2ccccc2-c2ccccc21)C(=O)O. The number of ether oxygens (including phenoxy) is 1. The number of hydrogen-bond donors (Lipinski definition) is 3. The van der Waals surface area contributed by atoms with E-state index >= 15 is 0 Å². The Balaban J connectivity index is 1.77. The van der Waals surface area contributed by atoms with Crippen LogP contribution in [0.5, 0.6) is 0 Å². The summed E-state index contributed by atoms with van der Waals surface area (Å²) in [6.07, 6.45) is -0.885. The third kappa shape index (κ3) is 3.28. The lowest BCUT2D eigenvalue weighted by Gasteiger charge is -2.36. The Bertz CT molecular complexity index is 841. The van der Waals surface area contributed by atoms with Crippen LogP contribution >= 0.6 is 0 Å². The van der Waals surface area contributed by atoms with Gasteiger partial charge in [-0.1, -0.05) is 48.5 Å². The Hall–Kier alpha value is -2.86. The molecule has 1 amide bonds. The van der Waals surface area contributed by atoms with Crippen molar-refractivity contribution in [2.45, 2.75) is 37.8 Å². The monoisotopic (exact) mass is 369 g/mol. The van der Waals surface area contributed by atoms with E-state index in [4.69, 9.17) is 4.74 Å². The quantitative estimate of drug-likeness (QED) is 0.752. The number of amides is 1. The predicted molar refractivity (Wildman–Crippen MR) is 101 cm³/mol. The Morgan fingerprint density at radius 3 is 1.93 bits per heavy atom. The van der Waals surface area contributed by atoms with Gasteiger partial charge in [0.05, 0.1) is 5.60 Å². The van der Waals surface area contributed by atoms with Crippen molar-refractivity contribution in [2.24, 2.45) is 0 Å². The van der Waals surface area contributed by atoms with Gasteiger partial charge in [-0.15, -0.1) is 0 Å². The number of hydrogen-bond acceptors (Lipinski definition) is 4. The van der Waals surface area contributed by atoms with Gasteiger partial charge in [0.25, 0.3) is 0 Å². The van der Waals surface area contributed by atoms with Gasteiger partial charge in [0, 0.05) is 5.92 Å². The first-order valence-corrected chi connectivity index (χ1v) is 8.74. The summed E-state index contributed by atoms with van der Waals surface area (Å²) in [5.74, 6) is -1.47. The summed E-state index contributed by atoms with van der Waals surface area (Å²) in [6.45, 7) is 3.97. The fourth-order valence-corrected chi connectivity index (χ4v) is 3.31. The topological polar surface area (TPSA) is 95.9 Å². The Morgan fingerprint density at radius 2 is 1.48 bits per heavy atom. The Morgan fingerprint density at radius 1 is 1.00 bits per heavy atom. The molecule has 0 saturated carbocycles. The molecule has 27 heavy (non-hydrogen) atoms. The van der Waals surface area contributed by atoms with E-state index in [0.29, 0.717) is 0 Å². The number of aliphatic hydroxyl groups is 1. The van der Waals surface area contributed by atoms with Crippen LogP contribution in [0.1, 0.15) is 37.8 Å². The Kier molecular flexibility index (Phi) is 4.70. The number of aliphatic carboxylic acids is 1. The average Bonchev–Trinajstić information content (AvgIpc) is 2.93. The molecule has 6 heteroatoms. The Labute approximate surface area is 157 Å². The number of carboxylic acid groups (broad SMARTS) is 1. The molecule has 0 aromatic heterocycles. The van der Waals surface area contributed by atoms with Crippen molar-refractivity contribution >= 4 is 12.1 Å². The summed E-state index contributed by atoms with van der Waals surface area (Å²) >= 11 is 0. The minimum Gasteiger partial charge on any atom is -0.479 e. The molecule has 0 aliphatic heterocycles. The van der Waals surface area contributed by atoms with Gasteiger partial charge in [0.1, 0.15) is 6.61 Å². The number of fused-ring (bicyclic) bond motifs is 3. The molecule has 2 aromatic carbocycles. The van der Waals surface area contributed by atoms with Crippen molar-refractivity contribution in [3.8, 4) is 11.1 Å². The highest BCUT2D eigenvalue weighted by atomic mass is 16.5. The first kappa shape index (κ1) is 18.9. The van der Waals surface area contributed by atoms with E-state index in [1.54, 1.807) is 0 Å². The molecule has 3 N–H and O–H groups in total. The highest BCUT2D eigenvalue weighted by molar-refractivity contribution is 5.85. The smallest absolute Gasteiger partial charge is 0.408 e. The number of carbonyl (C=O) groups is 2. The van der Waals surface area contributed by atoms with E-state index in [-0.39, 0.29) is 12.5 Å². The molecule has 0 spiro atoms. The van der Waals surface area contributed by atoms with Crippen LogP contribution in [0.3, 0.4) is 0 Å². The molecule has 1 aliphatic carbocycles. The molecule has 0 fully saturated rings. The zero-order valence-electron chi connectivity index (χ0n) is 15.5. The largest absolute Gasteiger partial charge is 0.479 e. The molecule has 3 rings (SSSR count). The first-order valence-electron chi connectivity index (χ1n) is 8.74. The molecule has 0 saturated heterocycles. The maximum absolute atomic E-state index is 12.3. The third-order valence-corrected chi connectivity index (χ3v) is 5.35. The molecule has 1 aliphatic rings. The molecule has 2 aromatic rings. The van der Waals surface area contributed by atoms with Crippen LogP contribution in [0, 0.1) is 0 Å². The molecule has 6 nitrogen and oxygen atoms in total. The maximum Gasteiger partial charge on any atom is 0.408 e. The van der Waals surface area contributed by atoms with Crippen LogP contribution in [0.25, 0.3) is 11.1 Å². The van der Waals surface area contributed by atoms with Gasteiger partial charge in [-0.25, -0.2) is 9.59 Å². The van der Waals surface area contributed by atoms with E-state index in [1.165, 1.54) is 20.8 Å². The van der Waals surface area contributed by atoms with Gasteiger partial charge < -0.3 is 20.3 Å². The predicted octanol–water partition coefficient (Wildman–Crippen LogP) is 3.14. The van der Waals surface area contributed by atoms with Gasteiger partial charge >= 0.3 is 12.1 Å². The van der Waals surface area contributed by atoms with Gasteiger partial charge in [0.15, 0.2) is 5.54 Å². The average molecular weight is 369 g/mol. The lowest BCUT2D eigenvalue weighted by Crippen LogP contribution is -2.64. The fourth-order valence-electron chi connectivity index (χ4n) is 3.31. The second-order valence-electron chi connectivity index (χ2n) is 7.44. The van der Waals surface area contributed by atoms with Crippen LogP contribution in [0.4, 0.5) is 4.79 Å². The lowest BCUT2D eigenvalue weighted by molar-refractivity contribution is -0.154. The van der Waals surface area contributed by atoms with Gasteiger partial charge in [0.2, 0.25) is 0 Å². The van der Waals surface area contributed by atoms with Crippen molar-refractivity contribution in [3.05, 3.63) is 59.7 Å². The lowest BCUT2D eigenvalue weighted by atomic mass is 9.84. The number of carbonyl (C=O) groups excluding carboxylic acids is 1. The van der Waals surface area contributed by atoms with Crippen LogP contribution in [0.2, 0.25) is 0 Å². The number of alkyl carbamates (subject to hydrolysis) is 1. The highest BCUT2D eigenvalue weighted by Crippen LogP contribution is 2.44. The van der Waals surface area contributed by atoms with Crippen molar-refractivity contribution in [2.75, 3.05) is 6.61 Å². The van der Waals surface area contributed by atoms with E-state index in [9.17, 15) is 19.8 Å². The van der Waals surface area contributed by atoms with Gasteiger partial charge in [-0.05, 0) is 43.0 Å². The van der Waals surface area contributed by atoms with Crippen LogP contribution in [0.15, 0.2) is 48.5 Å². The maximum atomic E-state index is 12.3. The number of benzene rings is 2. The number of rotatable bonds is 5. The highest BCUT2D eigenvalue weighted by Gasteiger charge is 2.48. The second-order valence-corrected chi connectivity index (χ2v) is 7.44. The summed E-state index contributed by atoms with van der Waals surface area (Å²) in [4.78, 5) is 23.8. The van der Waals surface area contributed by atoms with Gasteiger partial charge in [-0.3, -0.25) is 0 Å². The molecule has 142 valence electrons. The summed E-state index contributed by atoms with van der Waals surface area (Å²) in [5.41, 5.74) is 0.785. The summed E-state index contributed by atoms with van der Waals surface area (Å²) < 4.78 is 5.36. The molecule has 0 heterocycles. The molecular formula is C21H23NO5. The summed E-state index contributed by atoms with van der Waals surface area (Å²) in [6, 6.07) is 15.9. The normalized spacial score (nSPS) is 15.4.